The molecule has 1 heterocycles. The highest BCUT2D eigenvalue weighted by Gasteiger charge is 2.37. The van der Waals surface area contributed by atoms with Gasteiger partial charge in [0.15, 0.2) is 0 Å². The Morgan fingerprint density at radius 2 is 1.78 bits per heavy atom. The molecule has 1 amide bonds. The molecule has 0 fully saturated rings. The molecule has 1 unspecified atom stereocenters. The molecule has 0 saturated carbocycles. The predicted molar refractivity (Wildman–Crippen MR) is 110 cm³/mol. The fourth-order valence-corrected chi connectivity index (χ4v) is 3.59. The maximum Gasteiger partial charge on any atom is 0.249 e. The number of primary amides is 1. The van der Waals surface area contributed by atoms with Gasteiger partial charge in [-0.1, -0.05) is 53.5 Å². The fourth-order valence-electron chi connectivity index (χ4n) is 3.09. The monoisotopic (exact) mass is 399 g/mol. The second-order valence-corrected chi connectivity index (χ2v) is 7.29. The van der Waals surface area contributed by atoms with E-state index < -0.39 is 10.9 Å². The minimum absolute atomic E-state index is 0.371. The van der Waals surface area contributed by atoms with Crippen molar-refractivity contribution in [3.05, 3.63) is 88.6 Å². The third kappa shape index (κ3) is 3.56. The summed E-state index contributed by atoms with van der Waals surface area (Å²) in [5.41, 5.74) is 8.83. The minimum Gasteiger partial charge on any atom is -0.366 e. The number of nitrogens with zero attached hydrogens (tertiary/aromatic N) is 2. The lowest BCUT2D eigenvalue weighted by molar-refractivity contribution is 0.0997. The molecule has 1 aromatic heterocycles. The largest absolute Gasteiger partial charge is 0.366 e. The van der Waals surface area contributed by atoms with Gasteiger partial charge in [-0.05, 0) is 50.0 Å². The Kier molecular flexibility index (Phi) is 5.51. The van der Waals surface area contributed by atoms with Crippen molar-refractivity contribution in [3.63, 3.8) is 0 Å². The summed E-state index contributed by atoms with van der Waals surface area (Å²) in [6, 6.07) is 18.2. The van der Waals surface area contributed by atoms with Crippen LogP contribution in [0.5, 0.6) is 0 Å². The molecule has 138 valence electrons. The normalized spacial score (nSPS) is 13.4. The molecule has 0 spiro atoms. The summed E-state index contributed by atoms with van der Waals surface area (Å²) in [4.78, 5) is 17.1. The van der Waals surface area contributed by atoms with Crippen molar-refractivity contribution in [1.82, 2.24) is 9.88 Å². The summed E-state index contributed by atoms with van der Waals surface area (Å²) in [6.45, 7) is 0. The molecule has 6 heteroatoms. The van der Waals surface area contributed by atoms with Crippen LogP contribution in [0.25, 0.3) is 11.3 Å². The number of pyridine rings is 1. The van der Waals surface area contributed by atoms with Crippen LogP contribution in [-0.4, -0.2) is 29.9 Å². The van der Waals surface area contributed by atoms with Gasteiger partial charge in [-0.2, -0.15) is 0 Å². The van der Waals surface area contributed by atoms with E-state index in [-0.39, 0.29) is 0 Å². The molecule has 4 nitrogen and oxygen atoms in total. The number of hydrogen-bond donors (Lipinski definition) is 1. The van der Waals surface area contributed by atoms with Crippen LogP contribution in [0.3, 0.4) is 0 Å². The van der Waals surface area contributed by atoms with Gasteiger partial charge in [0, 0.05) is 27.9 Å². The van der Waals surface area contributed by atoms with Crippen molar-refractivity contribution in [2.24, 2.45) is 5.73 Å². The highest BCUT2D eigenvalue weighted by atomic mass is 35.5. The molecule has 0 saturated heterocycles. The first-order chi connectivity index (χ1) is 12.9. The zero-order chi connectivity index (χ0) is 19.6. The number of aromatic nitrogens is 1. The molecule has 2 aromatic carbocycles. The van der Waals surface area contributed by atoms with Crippen LogP contribution in [0.4, 0.5) is 0 Å². The Balaban J connectivity index is 2.24. The van der Waals surface area contributed by atoms with E-state index in [0.29, 0.717) is 16.1 Å². The number of amides is 1. The van der Waals surface area contributed by atoms with Gasteiger partial charge >= 0.3 is 0 Å². The fraction of sp³-hybridized carbons (Fsp3) is 0.143. The van der Waals surface area contributed by atoms with Crippen molar-refractivity contribution < 1.29 is 4.79 Å². The Morgan fingerprint density at radius 3 is 2.41 bits per heavy atom. The number of nitrogens with two attached hydrogens (primary N) is 1. The Bertz CT molecular complexity index is 976. The van der Waals surface area contributed by atoms with E-state index in [1.165, 1.54) is 0 Å². The van der Waals surface area contributed by atoms with Gasteiger partial charge in [0.1, 0.15) is 5.00 Å². The molecule has 0 aliphatic carbocycles. The van der Waals surface area contributed by atoms with Crippen LogP contribution in [0.1, 0.15) is 21.5 Å². The summed E-state index contributed by atoms with van der Waals surface area (Å²) in [5, 5.41) is 0.568. The summed E-state index contributed by atoms with van der Waals surface area (Å²) in [6.07, 6.45) is 1.71. The SMILES string of the molecule is CN(C)C(Cl)(c1ccc(Cl)c(-c2ccccn2)c1)c1ccccc1C(N)=O. The standard InChI is InChI=1S/C21H19Cl2N3O/c1-26(2)21(23,17-8-4-3-7-15(17)20(24)27)14-10-11-18(22)16(13-14)19-9-5-6-12-25-19/h3-13H,1-2H3,(H2,24,27). The molecule has 1 atom stereocenters. The second kappa shape index (κ2) is 7.69. The lowest BCUT2D eigenvalue weighted by atomic mass is 9.91. The molecule has 0 radical (unpaired) electrons. The van der Waals surface area contributed by atoms with E-state index in [1.807, 2.05) is 61.5 Å². The highest BCUT2D eigenvalue weighted by molar-refractivity contribution is 6.33. The zero-order valence-corrected chi connectivity index (χ0v) is 16.5. The number of halogens is 2. The van der Waals surface area contributed by atoms with E-state index in [0.717, 1.165) is 16.8 Å². The van der Waals surface area contributed by atoms with Gasteiger partial charge in [-0.15, -0.1) is 0 Å². The average Bonchev–Trinajstić information content (AvgIpc) is 2.68. The number of hydrogen-bond acceptors (Lipinski definition) is 3. The van der Waals surface area contributed by atoms with Crippen LogP contribution < -0.4 is 5.73 Å². The van der Waals surface area contributed by atoms with Crippen molar-refractivity contribution in [3.8, 4) is 11.3 Å². The smallest absolute Gasteiger partial charge is 0.249 e. The summed E-state index contributed by atoms with van der Waals surface area (Å²) in [5.74, 6) is -0.531. The van der Waals surface area contributed by atoms with Gasteiger partial charge in [0.05, 0.1) is 5.69 Å². The lowest BCUT2D eigenvalue weighted by Crippen LogP contribution is -2.39. The molecule has 3 aromatic rings. The maximum atomic E-state index is 12.0. The number of carbonyl (C=O) groups excluding carboxylic acids is 1. The molecule has 0 aliphatic rings. The van der Waals surface area contributed by atoms with E-state index in [2.05, 4.69) is 4.98 Å². The number of rotatable bonds is 5. The van der Waals surface area contributed by atoms with Crippen molar-refractivity contribution >= 4 is 29.1 Å². The van der Waals surface area contributed by atoms with Crippen molar-refractivity contribution in [1.29, 1.82) is 0 Å². The van der Waals surface area contributed by atoms with Gasteiger partial charge in [-0.3, -0.25) is 14.7 Å². The molecule has 0 bridgehead atoms. The molecule has 0 aliphatic heterocycles. The number of alkyl halides is 1. The molecule has 3 rings (SSSR count). The summed E-state index contributed by atoms with van der Waals surface area (Å²) >= 11 is 13.6. The summed E-state index contributed by atoms with van der Waals surface area (Å²) < 4.78 is 0. The second-order valence-electron chi connectivity index (χ2n) is 6.34. The van der Waals surface area contributed by atoms with Gasteiger partial charge in [-0.25, -0.2) is 0 Å². The molecule has 2 N–H and O–H groups in total. The van der Waals surface area contributed by atoms with E-state index in [9.17, 15) is 4.79 Å². The lowest BCUT2D eigenvalue weighted by Gasteiger charge is -2.36. The Morgan fingerprint density at radius 1 is 1.07 bits per heavy atom. The molecular weight excluding hydrogens is 381 g/mol. The zero-order valence-electron chi connectivity index (χ0n) is 15.0. The first kappa shape index (κ1) is 19.4. The number of carbonyl (C=O) groups is 1. The van der Waals surface area contributed by atoms with Crippen LogP contribution >= 0.6 is 23.2 Å². The van der Waals surface area contributed by atoms with E-state index in [4.69, 9.17) is 28.9 Å². The highest BCUT2D eigenvalue weighted by Crippen LogP contribution is 2.42. The van der Waals surface area contributed by atoms with Crippen molar-refractivity contribution in [2.45, 2.75) is 5.00 Å². The average molecular weight is 400 g/mol. The van der Waals surface area contributed by atoms with Gasteiger partial charge in [0.25, 0.3) is 0 Å². The van der Waals surface area contributed by atoms with Gasteiger partial charge < -0.3 is 5.73 Å². The minimum atomic E-state index is -1.11. The Hall–Kier alpha value is -2.40. The van der Waals surface area contributed by atoms with Gasteiger partial charge in [0.2, 0.25) is 5.91 Å². The van der Waals surface area contributed by atoms with E-state index >= 15 is 0 Å². The third-order valence-corrected chi connectivity index (χ3v) is 5.54. The van der Waals surface area contributed by atoms with Crippen molar-refractivity contribution in [2.75, 3.05) is 14.1 Å². The number of benzene rings is 2. The first-order valence-electron chi connectivity index (χ1n) is 8.32. The predicted octanol–water partition coefficient (Wildman–Crippen LogP) is 4.50. The first-order valence-corrected chi connectivity index (χ1v) is 9.08. The van der Waals surface area contributed by atoms with Crippen LogP contribution in [0.2, 0.25) is 5.02 Å². The van der Waals surface area contributed by atoms with Crippen LogP contribution in [0, 0.1) is 0 Å². The van der Waals surface area contributed by atoms with Crippen LogP contribution in [0.15, 0.2) is 66.9 Å². The summed E-state index contributed by atoms with van der Waals surface area (Å²) in [7, 11) is 3.69. The van der Waals surface area contributed by atoms with E-state index in [1.54, 1.807) is 24.4 Å². The third-order valence-electron chi connectivity index (χ3n) is 4.46. The Labute approximate surface area is 168 Å². The topological polar surface area (TPSA) is 59.2 Å². The van der Waals surface area contributed by atoms with Crippen LogP contribution in [-0.2, 0) is 5.00 Å². The molecule has 27 heavy (non-hydrogen) atoms. The quantitative estimate of drug-likeness (QED) is 0.507. The molecular formula is C21H19Cl2N3O. The maximum absolute atomic E-state index is 12.0.